The Balaban J connectivity index is 2.34. The first-order chi connectivity index (χ1) is 6.63. The maximum atomic E-state index is 5.53. The van der Waals surface area contributed by atoms with Gasteiger partial charge in [0.25, 0.3) is 0 Å². The lowest BCUT2D eigenvalue weighted by Crippen LogP contribution is -2.23. The second-order valence-electron chi connectivity index (χ2n) is 4.79. The number of hydrogen-bond acceptors (Lipinski definition) is 2. The molecule has 2 N–H and O–H groups in total. The molecular formula is C11H19N3. The Bertz CT molecular complexity index is 325. The highest BCUT2D eigenvalue weighted by Crippen LogP contribution is 2.35. The van der Waals surface area contributed by atoms with Crippen molar-refractivity contribution in [2.24, 2.45) is 5.73 Å². The van der Waals surface area contributed by atoms with E-state index in [1.54, 1.807) is 0 Å². The number of rotatable bonds is 2. The van der Waals surface area contributed by atoms with Gasteiger partial charge in [0, 0.05) is 18.2 Å². The molecule has 0 atom stereocenters. The number of aryl methyl sites for hydroxylation is 1. The zero-order chi connectivity index (χ0) is 10.2. The molecule has 0 aliphatic heterocycles. The van der Waals surface area contributed by atoms with Gasteiger partial charge in [0.05, 0.1) is 12.2 Å². The minimum absolute atomic E-state index is 0.257. The van der Waals surface area contributed by atoms with Crippen molar-refractivity contribution >= 4 is 0 Å². The van der Waals surface area contributed by atoms with Gasteiger partial charge in [-0.05, 0) is 24.8 Å². The van der Waals surface area contributed by atoms with Gasteiger partial charge in [0.1, 0.15) is 0 Å². The van der Waals surface area contributed by atoms with Gasteiger partial charge in [-0.3, -0.25) is 4.68 Å². The predicted molar refractivity (Wildman–Crippen MR) is 57.2 cm³/mol. The Morgan fingerprint density at radius 2 is 2.36 bits per heavy atom. The van der Waals surface area contributed by atoms with Crippen LogP contribution in [0.5, 0.6) is 0 Å². The monoisotopic (exact) mass is 193 g/mol. The minimum Gasteiger partial charge on any atom is -0.329 e. The molecule has 0 aromatic carbocycles. The van der Waals surface area contributed by atoms with Crippen LogP contribution in [0.25, 0.3) is 0 Å². The molecule has 3 heteroatoms. The van der Waals surface area contributed by atoms with Crippen LogP contribution in [0.2, 0.25) is 0 Å². The molecular weight excluding hydrogens is 174 g/mol. The van der Waals surface area contributed by atoms with E-state index in [1.165, 1.54) is 30.5 Å². The third-order valence-corrected chi connectivity index (χ3v) is 3.08. The van der Waals surface area contributed by atoms with Crippen molar-refractivity contribution in [3.63, 3.8) is 0 Å². The van der Waals surface area contributed by atoms with Crippen molar-refractivity contribution < 1.29 is 0 Å². The van der Waals surface area contributed by atoms with Crippen LogP contribution in [0.3, 0.4) is 0 Å². The molecule has 1 heterocycles. The van der Waals surface area contributed by atoms with E-state index in [1.807, 2.05) is 4.68 Å². The number of nitrogens with zero attached hydrogens (tertiary/aromatic N) is 2. The highest BCUT2D eigenvalue weighted by molar-refractivity contribution is 5.27. The van der Waals surface area contributed by atoms with E-state index in [9.17, 15) is 0 Å². The van der Waals surface area contributed by atoms with E-state index in [0.717, 1.165) is 6.54 Å². The average Bonchev–Trinajstić information content (AvgIpc) is 2.49. The van der Waals surface area contributed by atoms with E-state index in [0.29, 0.717) is 6.54 Å². The van der Waals surface area contributed by atoms with Gasteiger partial charge in [-0.15, -0.1) is 0 Å². The average molecular weight is 193 g/mol. The lowest BCUT2D eigenvalue weighted by Gasteiger charge is -2.27. The topological polar surface area (TPSA) is 43.8 Å². The Kier molecular flexibility index (Phi) is 2.35. The zero-order valence-corrected chi connectivity index (χ0v) is 9.08. The number of hydrogen-bond donors (Lipinski definition) is 1. The summed E-state index contributed by atoms with van der Waals surface area (Å²) < 4.78 is 2.00. The van der Waals surface area contributed by atoms with Gasteiger partial charge in [-0.1, -0.05) is 13.8 Å². The molecule has 78 valence electrons. The number of nitrogens with two attached hydrogens (primary N) is 1. The fraction of sp³-hybridized carbons (Fsp3) is 0.727. The predicted octanol–water partition coefficient (Wildman–Crippen LogP) is 1.46. The van der Waals surface area contributed by atoms with Gasteiger partial charge >= 0.3 is 0 Å². The first-order valence-corrected chi connectivity index (χ1v) is 5.40. The summed E-state index contributed by atoms with van der Waals surface area (Å²) in [5.41, 5.74) is 8.50. The summed E-state index contributed by atoms with van der Waals surface area (Å²) in [6, 6.07) is 0. The van der Waals surface area contributed by atoms with Crippen molar-refractivity contribution in [2.45, 2.75) is 45.1 Å². The van der Waals surface area contributed by atoms with Gasteiger partial charge < -0.3 is 5.73 Å². The second-order valence-corrected chi connectivity index (χ2v) is 4.79. The molecule has 14 heavy (non-hydrogen) atoms. The number of aromatic nitrogens is 2. The van der Waals surface area contributed by atoms with Gasteiger partial charge in [-0.25, -0.2) is 0 Å². The number of fused-ring (bicyclic) bond motifs is 1. The molecule has 1 aromatic rings. The molecule has 3 nitrogen and oxygen atoms in total. The summed E-state index contributed by atoms with van der Waals surface area (Å²) in [5.74, 6) is 0. The van der Waals surface area contributed by atoms with Crippen LogP contribution >= 0.6 is 0 Å². The van der Waals surface area contributed by atoms with Gasteiger partial charge in [-0.2, -0.15) is 5.10 Å². The molecule has 0 saturated carbocycles. The van der Waals surface area contributed by atoms with Gasteiger partial charge in [0.2, 0.25) is 0 Å². The molecule has 0 spiro atoms. The van der Waals surface area contributed by atoms with Crippen molar-refractivity contribution in [2.75, 3.05) is 6.54 Å². The molecule has 1 aliphatic carbocycles. The van der Waals surface area contributed by atoms with Crippen LogP contribution in [-0.2, 0) is 18.4 Å². The molecule has 0 saturated heterocycles. The molecule has 0 radical (unpaired) electrons. The van der Waals surface area contributed by atoms with Crippen LogP contribution in [0.4, 0.5) is 0 Å². The summed E-state index contributed by atoms with van der Waals surface area (Å²) in [6.07, 6.45) is 5.89. The van der Waals surface area contributed by atoms with Crippen LogP contribution in [-0.4, -0.2) is 16.3 Å². The molecule has 0 fully saturated rings. The lowest BCUT2D eigenvalue weighted by molar-refractivity contribution is 0.415. The van der Waals surface area contributed by atoms with Crippen LogP contribution in [0, 0.1) is 0 Å². The maximum absolute atomic E-state index is 5.53. The van der Waals surface area contributed by atoms with Crippen LogP contribution in [0.15, 0.2) is 6.20 Å². The quantitative estimate of drug-likeness (QED) is 0.772. The molecule has 2 rings (SSSR count). The SMILES string of the molecule is CC1(C)CCCc2cn(CCN)nc21. The molecule has 1 aromatic heterocycles. The second kappa shape index (κ2) is 3.39. The van der Waals surface area contributed by atoms with Crippen molar-refractivity contribution in [3.05, 3.63) is 17.5 Å². The highest BCUT2D eigenvalue weighted by atomic mass is 15.3. The first kappa shape index (κ1) is 9.71. The molecule has 0 bridgehead atoms. The third kappa shape index (κ3) is 1.57. The Morgan fingerprint density at radius 1 is 1.57 bits per heavy atom. The van der Waals surface area contributed by atoms with Crippen LogP contribution in [0.1, 0.15) is 37.9 Å². The highest BCUT2D eigenvalue weighted by Gasteiger charge is 2.30. The first-order valence-electron chi connectivity index (χ1n) is 5.40. The van der Waals surface area contributed by atoms with E-state index in [4.69, 9.17) is 5.73 Å². The fourth-order valence-corrected chi connectivity index (χ4v) is 2.30. The molecule has 0 unspecified atom stereocenters. The third-order valence-electron chi connectivity index (χ3n) is 3.08. The normalized spacial score (nSPS) is 19.4. The summed E-state index contributed by atoms with van der Waals surface area (Å²) >= 11 is 0. The van der Waals surface area contributed by atoms with Crippen molar-refractivity contribution in [1.82, 2.24) is 9.78 Å². The van der Waals surface area contributed by atoms with Crippen molar-refractivity contribution in [3.8, 4) is 0 Å². The standard InChI is InChI=1S/C11H19N3/c1-11(2)5-3-4-9-8-14(7-6-12)13-10(9)11/h8H,3-7,12H2,1-2H3. The summed E-state index contributed by atoms with van der Waals surface area (Å²) in [4.78, 5) is 0. The lowest BCUT2D eigenvalue weighted by atomic mass is 9.77. The molecule has 0 amide bonds. The Labute approximate surface area is 85.3 Å². The van der Waals surface area contributed by atoms with Crippen molar-refractivity contribution in [1.29, 1.82) is 0 Å². The van der Waals surface area contributed by atoms with Gasteiger partial charge in [0.15, 0.2) is 0 Å². The van der Waals surface area contributed by atoms with E-state index in [-0.39, 0.29) is 5.41 Å². The Morgan fingerprint density at radius 3 is 3.00 bits per heavy atom. The van der Waals surface area contributed by atoms with E-state index in [2.05, 4.69) is 25.1 Å². The summed E-state index contributed by atoms with van der Waals surface area (Å²) in [5, 5.41) is 4.63. The van der Waals surface area contributed by atoms with Crippen LogP contribution < -0.4 is 5.73 Å². The van der Waals surface area contributed by atoms with E-state index < -0.39 is 0 Å². The largest absolute Gasteiger partial charge is 0.329 e. The van der Waals surface area contributed by atoms with E-state index >= 15 is 0 Å². The smallest absolute Gasteiger partial charge is 0.0712 e. The summed E-state index contributed by atoms with van der Waals surface area (Å²) in [6.45, 7) is 6.07. The Hall–Kier alpha value is -0.830. The minimum atomic E-state index is 0.257. The zero-order valence-electron chi connectivity index (χ0n) is 9.08. The maximum Gasteiger partial charge on any atom is 0.0712 e. The fourth-order valence-electron chi connectivity index (χ4n) is 2.30. The summed E-state index contributed by atoms with van der Waals surface area (Å²) in [7, 11) is 0. The molecule has 1 aliphatic rings.